The van der Waals surface area contributed by atoms with Crippen molar-refractivity contribution in [2.24, 2.45) is 5.92 Å². The van der Waals surface area contributed by atoms with Gasteiger partial charge in [-0.1, -0.05) is 36.2 Å². The van der Waals surface area contributed by atoms with Crippen LogP contribution in [0.4, 0.5) is 0 Å². The van der Waals surface area contributed by atoms with E-state index in [-0.39, 0.29) is 0 Å². The molecule has 1 fully saturated rings. The van der Waals surface area contributed by atoms with E-state index in [1.807, 2.05) is 12.1 Å². The first kappa shape index (κ1) is 12.2. The average molecular weight is 258 g/mol. The molecule has 1 aliphatic rings. The lowest BCUT2D eigenvalue weighted by Crippen LogP contribution is -2.33. The van der Waals surface area contributed by atoms with Crippen LogP contribution < -0.4 is 0 Å². The zero-order chi connectivity index (χ0) is 11.5. The first-order valence-electron chi connectivity index (χ1n) is 5.81. The number of hydrogen-bond donors (Lipinski definition) is 0. The number of piperidine rings is 1. The maximum atomic E-state index is 6.01. The van der Waals surface area contributed by atoms with E-state index >= 15 is 0 Å². The van der Waals surface area contributed by atoms with Gasteiger partial charge in [-0.25, -0.2) is 0 Å². The maximum Gasteiger partial charge on any atom is 0.0595 e. The van der Waals surface area contributed by atoms with E-state index in [1.165, 1.54) is 31.5 Å². The van der Waals surface area contributed by atoms with Gasteiger partial charge in [0.2, 0.25) is 0 Å². The molecule has 0 aliphatic carbocycles. The van der Waals surface area contributed by atoms with Crippen LogP contribution in [0, 0.1) is 5.92 Å². The lowest BCUT2D eigenvalue weighted by Gasteiger charge is -2.30. The SMILES string of the molecule is C[C@@H]1CCCN(Cc2ccc(Cl)c(Cl)c2)C1. The second-order valence-corrected chi connectivity index (χ2v) is 5.55. The summed E-state index contributed by atoms with van der Waals surface area (Å²) in [6, 6.07) is 5.92. The third-order valence-corrected chi connectivity index (χ3v) is 3.87. The zero-order valence-electron chi connectivity index (χ0n) is 9.55. The minimum atomic E-state index is 0.637. The highest BCUT2D eigenvalue weighted by Crippen LogP contribution is 2.24. The van der Waals surface area contributed by atoms with E-state index in [9.17, 15) is 0 Å². The molecule has 0 radical (unpaired) electrons. The van der Waals surface area contributed by atoms with Crippen LogP contribution in [-0.2, 0) is 6.54 Å². The van der Waals surface area contributed by atoms with E-state index in [4.69, 9.17) is 23.2 Å². The fourth-order valence-electron chi connectivity index (χ4n) is 2.33. The number of halogens is 2. The molecule has 88 valence electrons. The molecule has 3 heteroatoms. The summed E-state index contributed by atoms with van der Waals surface area (Å²) in [7, 11) is 0. The molecule has 1 saturated heterocycles. The molecular weight excluding hydrogens is 241 g/mol. The fraction of sp³-hybridized carbons (Fsp3) is 0.538. The van der Waals surface area contributed by atoms with Gasteiger partial charge in [0.15, 0.2) is 0 Å². The Morgan fingerprint density at radius 3 is 2.81 bits per heavy atom. The number of nitrogens with zero attached hydrogens (tertiary/aromatic N) is 1. The monoisotopic (exact) mass is 257 g/mol. The van der Waals surface area contributed by atoms with Crippen LogP contribution >= 0.6 is 23.2 Å². The summed E-state index contributed by atoms with van der Waals surface area (Å²) in [4.78, 5) is 2.49. The highest BCUT2D eigenvalue weighted by Gasteiger charge is 2.16. The molecule has 0 aromatic heterocycles. The second-order valence-electron chi connectivity index (χ2n) is 4.73. The Morgan fingerprint density at radius 2 is 2.12 bits per heavy atom. The number of likely N-dealkylation sites (tertiary alicyclic amines) is 1. The van der Waals surface area contributed by atoms with Crippen molar-refractivity contribution < 1.29 is 0 Å². The molecular formula is C13H17Cl2N. The van der Waals surface area contributed by atoms with E-state index in [0.717, 1.165) is 12.5 Å². The molecule has 0 spiro atoms. The van der Waals surface area contributed by atoms with Crippen LogP contribution in [0.25, 0.3) is 0 Å². The quantitative estimate of drug-likeness (QED) is 0.767. The van der Waals surface area contributed by atoms with Crippen LogP contribution in [-0.4, -0.2) is 18.0 Å². The molecule has 1 nitrogen and oxygen atoms in total. The summed E-state index contributed by atoms with van der Waals surface area (Å²) < 4.78 is 0. The normalized spacial score (nSPS) is 22.3. The van der Waals surface area contributed by atoms with Gasteiger partial charge in [0.1, 0.15) is 0 Å². The lowest BCUT2D eigenvalue weighted by molar-refractivity contribution is 0.176. The van der Waals surface area contributed by atoms with Gasteiger partial charge in [-0.05, 0) is 43.0 Å². The van der Waals surface area contributed by atoms with Crippen molar-refractivity contribution in [1.29, 1.82) is 0 Å². The maximum absolute atomic E-state index is 6.01. The van der Waals surface area contributed by atoms with Gasteiger partial charge in [-0.2, -0.15) is 0 Å². The van der Waals surface area contributed by atoms with Crippen molar-refractivity contribution in [1.82, 2.24) is 4.90 Å². The van der Waals surface area contributed by atoms with Crippen molar-refractivity contribution in [3.63, 3.8) is 0 Å². The Bertz CT molecular complexity index is 365. The van der Waals surface area contributed by atoms with Crippen molar-refractivity contribution >= 4 is 23.2 Å². The van der Waals surface area contributed by atoms with Crippen LogP contribution in [0.3, 0.4) is 0 Å². The summed E-state index contributed by atoms with van der Waals surface area (Å²) in [6.45, 7) is 5.70. The largest absolute Gasteiger partial charge is 0.299 e. The number of hydrogen-bond acceptors (Lipinski definition) is 1. The van der Waals surface area contributed by atoms with Gasteiger partial charge in [0.25, 0.3) is 0 Å². The van der Waals surface area contributed by atoms with Gasteiger partial charge in [-0.15, -0.1) is 0 Å². The summed E-state index contributed by atoms with van der Waals surface area (Å²) in [5.41, 5.74) is 1.25. The fourth-order valence-corrected chi connectivity index (χ4v) is 2.65. The molecule has 0 N–H and O–H groups in total. The number of rotatable bonds is 2. The van der Waals surface area contributed by atoms with E-state index in [1.54, 1.807) is 0 Å². The first-order chi connectivity index (χ1) is 7.65. The summed E-state index contributed by atoms with van der Waals surface area (Å²) in [5, 5.41) is 1.29. The number of benzene rings is 1. The van der Waals surface area contributed by atoms with Gasteiger partial charge in [-0.3, -0.25) is 4.90 Å². The molecule has 0 amide bonds. The molecule has 1 aliphatic heterocycles. The zero-order valence-corrected chi connectivity index (χ0v) is 11.1. The van der Waals surface area contributed by atoms with E-state index in [2.05, 4.69) is 17.9 Å². The predicted octanol–water partition coefficient (Wildman–Crippen LogP) is 4.23. The Labute approximate surface area is 107 Å². The molecule has 1 aromatic rings. The molecule has 16 heavy (non-hydrogen) atoms. The van der Waals surface area contributed by atoms with Crippen molar-refractivity contribution in [3.8, 4) is 0 Å². The van der Waals surface area contributed by atoms with E-state index < -0.39 is 0 Å². The molecule has 1 heterocycles. The van der Waals surface area contributed by atoms with Gasteiger partial charge in [0, 0.05) is 13.1 Å². The average Bonchev–Trinajstić information content (AvgIpc) is 2.24. The molecule has 0 bridgehead atoms. The smallest absolute Gasteiger partial charge is 0.0595 e. The third-order valence-electron chi connectivity index (χ3n) is 3.13. The minimum absolute atomic E-state index is 0.637. The topological polar surface area (TPSA) is 3.24 Å². The molecule has 0 saturated carbocycles. The predicted molar refractivity (Wildman–Crippen MR) is 70.1 cm³/mol. The van der Waals surface area contributed by atoms with Crippen LogP contribution in [0.2, 0.25) is 10.0 Å². The Morgan fingerprint density at radius 1 is 1.31 bits per heavy atom. The van der Waals surface area contributed by atoms with E-state index in [0.29, 0.717) is 10.0 Å². The molecule has 1 aromatic carbocycles. The third kappa shape index (κ3) is 3.13. The summed E-state index contributed by atoms with van der Waals surface area (Å²) >= 11 is 11.9. The van der Waals surface area contributed by atoms with Crippen LogP contribution in [0.5, 0.6) is 0 Å². The van der Waals surface area contributed by atoms with Gasteiger partial charge >= 0.3 is 0 Å². The Kier molecular flexibility index (Phi) is 4.12. The van der Waals surface area contributed by atoms with Crippen LogP contribution in [0.15, 0.2) is 18.2 Å². The van der Waals surface area contributed by atoms with Crippen LogP contribution in [0.1, 0.15) is 25.3 Å². The Hall–Kier alpha value is -0.240. The minimum Gasteiger partial charge on any atom is -0.299 e. The molecule has 1 atom stereocenters. The van der Waals surface area contributed by atoms with Crippen molar-refractivity contribution in [2.45, 2.75) is 26.3 Å². The Balaban J connectivity index is 2.00. The lowest BCUT2D eigenvalue weighted by atomic mass is 10.00. The molecule has 2 rings (SSSR count). The molecule has 0 unspecified atom stereocenters. The van der Waals surface area contributed by atoms with Gasteiger partial charge in [0.05, 0.1) is 10.0 Å². The summed E-state index contributed by atoms with van der Waals surface area (Å²) in [6.07, 6.45) is 2.67. The van der Waals surface area contributed by atoms with Crippen molar-refractivity contribution in [2.75, 3.05) is 13.1 Å². The highest BCUT2D eigenvalue weighted by molar-refractivity contribution is 6.42. The summed E-state index contributed by atoms with van der Waals surface area (Å²) in [5.74, 6) is 0.816. The second kappa shape index (κ2) is 5.39. The highest BCUT2D eigenvalue weighted by atomic mass is 35.5. The van der Waals surface area contributed by atoms with Gasteiger partial charge < -0.3 is 0 Å². The first-order valence-corrected chi connectivity index (χ1v) is 6.57. The standard InChI is InChI=1S/C13H17Cl2N/c1-10-3-2-6-16(8-10)9-11-4-5-12(14)13(15)7-11/h4-5,7,10H,2-3,6,8-9H2,1H3/t10-/m1/s1. The van der Waals surface area contributed by atoms with Crippen molar-refractivity contribution in [3.05, 3.63) is 33.8 Å².